The van der Waals surface area contributed by atoms with Crippen LogP contribution in [0.2, 0.25) is 0 Å². The molecule has 2 atom stereocenters. The van der Waals surface area contributed by atoms with Crippen molar-refractivity contribution in [2.24, 2.45) is 11.8 Å². The molecule has 0 radical (unpaired) electrons. The van der Waals surface area contributed by atoms with Gasteiger partial charge < -0.3 is 0 Å². The van der Waals surface area contributed by atoms with E-state index in [-0.39, 0.29) is 11.8 Å². The summed E-state index contributed by atoms with van der Waals surface area (Å²) in [5, 5.41) is 0. The first-order chi connectivity index (χ1) is 7.15. The summed E-state index contributed by atoms with van der Waals surface area (Å²) < 4.78 is 0. The molecular weight excluding hydrogens is 190 g/mol. The van der Waals surface area contributed by atoms with Gasteiger partial charge in [0.2, 0.25) is 5.91 Å². The van der Waals surface area contributed by atoms with Crippen LogP contribution in [0.4, 0.5) is 0 Å². The molecule has 15 heavy (non-hydrogen) atoms. The molecule has 4 heteroatoms. The van der Waals surface area contributed by atoms with E-state index in [0.29, 0.717) is 6.04 Å². The summed E-state index contributed by atoms with van der Waals surface area (Å²) in [6.45, 7) is 6.12. The Balaban J connectivity index is 2.43. The van der Waals surface area contributed by atoms with Crippen LogP contribution in [-0.2, 0) is 4.79 Å². The largest absolute Gasteiger partial charge is 0.300 e. The molecular formula is C11H23N3O. The van der Waals surface area contributed by atoms with Crippen LogP contribution in [0.1, 0.15) is 39.5 Å². The normalized spacial score (nSPS) is 25.7. The molecule has 0 aliphatic carbocycles. The molecule has 1 heterocycles. The zero-order valence-corrected chi connectivity index (χ0v) is 9.83. The second-order valence-corrected chi connectivity index (χ2v) is 4.60. The number of rotatable bonds is 3. The van der Waals surface area contributed by atoms with Crippen LogP contribution in [0.25, 0.3) is 0 Å². The maximum Gasteiger partial charge on any atom is 0.237 e. The number of nitrogens with one attached hydrogen (secondary N) is 1. The Bertz CT molecular complexity index is 208. The van der Waals surface area contributed by atoms with E-state index in [1.165, 1.54) is 25.7 Å². The highest BCUT2D eigenvalue weighted by Gasteiger charge is 2.21. The highest BCUT2D eigenvalue weighted by atomic mass is 16.2. The van der Waals surface area contributed by atoms with Gasteiger partial charge in [-0.25, -0.2) is 5.84 Å². The zero-order chi connectivity index (χ0) is 11.3. The van der Waals surface area contributed by atoms with Crippen molar-refractivity contribution in [2.45, 2.75) is 45.6 Å². The highest BCUT2D eigenvalue weighted by molar-refractivity contribution is 5.77. The number of hydrogen-bond acceptors (Lipinski definition) is 3. The fraction of sp³-hybridized carbons (Fsp3) is 0.909. The Morgan fingerprint density at radius 3 is 2.93 bits per heavy atom. The molecule has 2 unspecified atom stereocenters. The molecule has 0 aromatic carbocycles. The number of nitrogens with two attached hydrogens (primary N) is 1. The van der Waals surface area contributed by atoms with E-state index < -0.39 is 0 Å². The van der Waals surface area contributed by atoms with Crippen molar-refractivity contribution in [3.8, 4) is 0 Å². The number of amides is 1. The first kappa shape index (κ1) is 12.5. The topological polar surface area (TPSA) is 58.4 Å². The average Bonchev–Trinajstić information content (AvgIpc) is 2.43. The molecule has 3 N–H and O–H groups in total. The number of carbonyl (C=O) groups excluding carboxylic acids is 1. The van der Waals surface area contributed by atoms with E-state index in [1.54, 1.807) is 0 Å². The summed E-state index contributed by atoms with van der Waals surface area (Å²) in [6.07, 6.45) is 5.13. The van der Waals surface area contributed by atoms with Gasteiger partial charge in [0, 0.05) is 18.5 Å². The van der Waals surface area contributed by atoms with E-state index in [9.17, 15) is 4.79 Å². The lowest BCUT2D eigenvalue weighted by Crippen LogP contribution is -2.43. The first-order valence-corrected chi connectivity index (χ1v) is 5.89. The molecule has 1 amide bonds. The maximum absolute atomic E-state index is 11.3. The Kier molecular flexibility index (Phi) is 5.05. The van der Waals surface area contributed by atoms with E-state index in [4.69, 9.17) is 5.84 Å². The summed E-state index contributed by atoms with van der Waals surface area (Å²) in [7, 11) is 0. The molecule has 88 valence electrons. The minimum Gasteiger partial charge on any atom is -0.300 e. The molecule has 0 aromatic heterocycles. The third-order valence-electron chi connectivity index (χ3n) is 3.29. The maximum atomic E-state index is 11.3. The third-order valence-corrected chi connectivity index (χ3v) is 3.29. The van der Waals surface area contributed by atoms with Crippen molar-refractivity contribution in [3.05, 3.63) is 0 Å². The van der Waals surface area contributed by atoms with E-state index in [0.717, 1.165) is 13.1 Å². The number of nitrogens with zero attached hydrogens (tertiary/aromatic N) is 1. The summed E-state index contributed by atoms with van der Waals surface area (Å²) >= 11 is 0. The minimum atomic E-state index is -0.0635. The lowest BCUT2D eigenvalue weighted by molar-refractivity contribution is -0.125. The molecule has 0 spiro atoms. The predicted molar refractivity (Wildman–Crippen MR) is 61.0 cm³/mol. The Hall–Kier alpha value is -0.610. The van der Waals surface area contributed by atoms with Crippen LogP contribution in [-0.4, -0.2) is 29.9 Å². The van der Waals surface area contributed by atoms with Crippen molar-refractivity contribution in [2.75, 3.05) is 13.1 Å². The van der Waals surface area contributed by atoms with E-state index in [1.807, 2.05) is 6.92 Å². The Labute approximate surface area is 92.2 Å². The number of hydrazine groups is 1. The van der Waals surface area contributed by atoms with Gasteiger partial charge in [-0.05, 0) is 26.3 Å². The SMILES string of the molecule is CC(CN1CCCCCC1C)C(=O)NN. The van der Waals surface area contributed by atoms with Crippen LogP contribution >= 0.6 is 0 Å². The van der Waals surface area contributed by atoms with Crippen LogP contribution in [0.15, 0.2) is 0 Å². The van der Waals surface area contributed by atoms with Crippen LogP contribution in [0.5, 0.6) is 0 Å². The number of carbonyl (C=O) groups is 1. The molecule has 0 saturated carbocycles. The van der Waals surface area contributed by atoms with Gasteiger partial charge in [-0.15, -0.1) is 0 Å². The Morgan fingerprint density at radius 2 is 2.27 bits per heavy atom. The van der Waals surface area contributed by atoms with E-state index in [2.05, 4.69) is 17.2 Å². The van der Waals surface area contributed by atoms with E-state index >= 15 is 0 Å². The molecule has 0 bridgehead atoms. The minimum absolute atomic E-state index is 0.0180. The summed E-state index contributed by atoms with van der Waals surface area (Å²) in [6, 6.07) is 0.598. The molecule has 1 saturated heterocycles. The van der Waals surface area contributed by atoms with Crippen molar-refractivity contribution in [1.82, 2.24) is 10.3 Å². The van der Waals surface area contributed by atoms with Gasteiger partial charge in [0.15, 0.2) is 0 Å². The fourth-order valence-corrected chi connectivity index (χ4v) is 2.18. The monoisotopic (exact) mass is 213 g/mol. The summed E-state index contributed by atoms with van der Waals surface area (Å²) in [5.74, 6) is 5.04. The van der Waals surface area contributed by atoms with Gasteiger partial charge in [0.05, 0.1) is 0 Å². The molecule has 0 aromatic rings. The zero-order valence-electron chi connectivity index (χ0n) is 9.83. The third kappa shape index (κ3) is 3.80. The summed E-state index contributed by atoms with van der Waals surface area (Å²) in [4.78, 5) is 13.7. The second kappa shape index (κ2) is 6.08. The van der Waals surface area contributed by atoms with Crippen molar-refractivity contribution in [3.63, 3.8) is 0 Å². The lowest BCUT2D eigenvalue weighted by Gasteiger charge is -2.28. The fourth-order valence-electron chi connectivity index (χ4n) is 2.18. The van der Waals surface area contributed by atoms with Gasteiger partial charge in [0.25, 0.3) is 0 Å². The van der Waals surface area contributed by atoms with Crippen LogP contribution < -0.4 is 11.3 Å². The molecule has 4 nitrogen and oxygen atoms in total. The standard InChI is InChI=1S/C11H23N3O/c1-9(11(15)13-12)8-14-7-5-3-4-6-10(14)2/h9-10H,3-8,12H2,1-2H3,(H,13,15). The quantitative estimate of drug-likeness (QED) is 0.415. The molecule has 1 aliphatic heterocycles. The molecule has 1 aliphatic rings. The highest BCUT2D eigenvalue weighted by Crippen LogP contribution is 2.17. The van der Waals surface area contributed by atoms with Gasteiger partial charge in [-0.3, -0.25) is 15.1 Å². The predicted octanol–water partition coefficient (Wildman–Crippen LogP) is 0.877. The van der Waals surface area contributed by atoms with Gasteiger partial charge in [-0.2, -0.15) is 0 Å². The van der Waals surface area contributed by atoms with Gasteiger partial charge in [0.1, 0.15) is 0 Å². The van der Waals surface area contributed by atoms with Crippen LogP contribution in [0.3, 0.4) is 0 Å². The number of hydrogen-bond donors (Lipinski definition) is 2. The van der Waals surface area contributed by atoms with Crippen molar-refractivity contribution in [1.29, 1.82) is 0 Å². The smallest absolute Gasteiger partial charge is 0.237 e. The average molecular weight is 213 g/mol. The van der Waals surface area contributed by atoms with Crippen LogP contribution in [0, 0.1) is 5.92 Å². The molecule has 1 rings (SSSR count). The van der Waals surface area contributed by atoms with Crippen molar-refractivity contribution >= 4 is 5.91 Å². The Morgan fingerprint density at radius 1 is 1.53 bits per heavy atom. The second-order valence-electron chi connectivity index (χ2n) is 4.60. The lowest BCUT2D eigenvalue weighted by atomic mass is 10.1. The molecule has 1 fully saturated rings. The van der Waals surface area contributed by atoms with Gasteiger partial charge in [-0.1, -0.05) is 19.8 Å². The number of likely N-dealkylation sites (tertiary alicyclic amines) is 1. The van der Waals surface area contributed by atoms with Gasteiger partial charge >= 0.3 is 0 Å². The summed E-state index contributed by atoms with van der Waals surface area (Å²) in [5.41, 5.74) is 2.22. The first-order valence-electron chi connectivity index (χ1n) is 5.89. The van der Waals surface area contributed by atoms with Crippen molar-refractivity contribution < 1.29 is 4.79 Å².